The van der Waals surface area contributed by atoms with Crippen molar-refractivity contribution in [2.24, 2.45) is 0 Å². The third kappa shape index (κ3) is 3.70. The van der Waals surface area contributed by atoms with Gasteiger partial charge >= 0.3 is 6.18 Å². The highest BCUT2D eigenvalue weighted by molar-refractivity contribution is 5.61. The molecule has 0 amide bonds. The summed E-state index contributed by atoms with van der Waals surface area (Å²) in [5.41, 5.74) is -2.25. The van der Waals surface area contributed by atoms with E-state index in [1.807, 2.05) is 0 Å². The molecule has 3 atom stereocenters. The predicted octanol–water partition coefficient (Wildman–Crippen LogP) is 2.67. The molecule has 0 saturated carbocycles. The van der Waals surface area contributed by atoms with Gasteiger partial charge in [0.15, 0.2) is 5.60 Å². The van der Waals surface area contributed by atoms with E-state index in [2.05, 4.69) is 25.6 Å². The van der Waals surface area contributed by atoms with Crippen molar-refractivity contribution in [2.75, 3.05) is 18.4 Å². The highest BCUT2D eigenvalue weighted by Gasteiger charge is 2.51. The van der Waals surface area contributed by atoms with Crippen molar-refractivity contribution in [2.45, 2.75) is 37.3 Å². The molecule has 3 aromatic heterocycles. The van der Waals surface area contributed by atoms with Crippen LogP contribution in [0.15, 0.2) is 36.9 Å². The number of aliphatic hydroxyl groups is 1. The number of rotatable bonds is 4. The van der Waals surface area contributed by atoms with Gasteiger partial charge in [-0.25, -0.2) is 14.4 Å². The molecular formula is C19H20F4N6O. The number of alkyl halides is 4. The zero-order valence-corrected chi connectivity index (χ0v) is 16.0. The van der Waals surface area contributed by atoms with Gasteiger partial charge in [-0.15, -0.1) is 0 Å². The number of imidazole rings is 1. The van der Waals surface area contributed by atoms with Crippen molar-refractivity contribution < 1.29 is 22.7 Å². The van der Waals surface area contributed by atoms with Gasteiger partial charge in [-0.05, 0) is 26.0 Å². The zero-order valence-electron chi connectivity index (χ0n) is 16.0. The van der Waals surface area contributed by atoms with Crippen molar-refractivity contribution >= 4 is 11.5 Å². The molecule has 1 aliphatic heterocycles. The molecule has 0 spiro atoms. The smallest absolute Gasteiger partial charge is 0.376 e. The molecule has 160 valence electrons. The van der Waals surface area contributed by atoms with E-state index in [9.17, 15) is 22.7 Å². The molecule has 0 unspecified atom stereocenters. The third-order valence-electron chi connectivity index (χ3n) is 5.25. The Morgan fingerprint density at radius 1 is 1.23 bits per heavy atom. The number of anilines is 1. The number of hydrogen-bond acceptors (Lipinski definition) is 6. The summed E-state index contributed by atoms with van der Waals surface area (Å²) < 4.78 is 55.2. The van der Waals surface area contributed by atoms with Crippen LogP contribution in [0, 0.1) is 0 Å². The minimum absolute atomic E-state index is 0.336. The average Bonchev–Trinajstić information content (AvgIpc) is 3.12. The summed E-state index contributed by atoms with van der Waals surface area (Å²) in [6, 6.07) is 2.11. The summed E-state index contributed by atoms with van der Waals surface area (Å²) in [7, 11) is 0. The Morgan fingerprint density at radius 2 is 2.03 bits per heavy atom. The number of halogens is 4. The van der Waals surface area contributed by atoms with Crippen LogP contribution in [0.25, 0.3) is 17.0 Å². The summed E-state index contributed by atoms with van der Waals surface area (Å²) >= 11 is 0. The Labute approximate surface area is 169 Å². The molecule has 1 saturated heterocycles. The standard InChI is InChI=1S/C19H20F4N6O/c1-18(30,19(21,22)23)11-2-3-17-26-8-15(29(17)10-11)14-7-25-9-16(28-14)27-13-6-24-5-4-12(13)20/h2-3,7-10,12-13,24,30H,4-6H2,1H3,(H,27,28)/t12-,13-,18-/m0/s1. The first-order valence-electron chi connectivity index (χ1n) is 9.37. The molecule has 0 bridgehead atoms. The van der Waals surface area contributed by atoms with E-state index in [0.29, 0.717) is 49.3 Å². The molecule has 1 aliphatic rings. The number of nitrogens with zero attached hydrogens (tertiary/aromatic N) is 4. The van der Waals surface area contributed by atoms with Gasteiger partial charge in [-0.3, -0.25) is 9.38 Å². The Morgan fingerprint density at radius 3 is 2.77 bits per heavy atom. The number of hydrogen-bond donors (Lipinski definition) is 3. The third-order valence-corrected chi connectivity index (χ3v) is 5.25. The molecule has 4 rings (SSSR count). The normalized spacial score (nSPS) is 22.1. The molecule has 30 heavy (non-hydrogen) atoms. The fourth-order valence-corrected chi connectivity index (χ4v) is 3.34. The van der Waals surface area contributed by atoms with E-state index in [1.54, 1.807) is 0 Å². The topological polar surface area (TPSA) is 87.4 Å². The van der Waals surface area contributed by atoms with Crippen LogP contribution in [-0.4, -0.2) is 55.9 Å². The number of nitrogens with one attached hydrogen (secondary N) is 2. The molecule has 1 fully saturated rings. The molecule has 0 aromatic carbocycles. The predicted molar refractivity (Wildman–Crippen MR) is 102 cm³/mol. The molecule has 11 heteroatoms. The van der Waals surface area contributed by atoms with Gasteiger partial charge in [-0.1, -0.05) is 6.07 Å². The molecular weight excluding hydrogens is 404 g/mol. The SMILES string of the molecule is C[C@](O)(c1ccc2ncc(-c3cncc(N[C@H]4CNCC[C@@H]4F)n3)n2c1)C(F)(F)F. The van der Waals surface area contributed by atoms with Gasteiger partial charge < -0.3 is 15.7 Å². The maximum absolute atomic E-state index is 14.1. The molecule has 3 N–H and O–H groups in total. The summed E-state index contributed by atoms with van der Waals surface area (Å²) in [6.45, 7) is 1.75. The monoisotopic (exact) mass is 424 g/mol. The summed E-state index contributed by atoms with van der Waals surface area (Å²) in [5, 5.41) is 16.1. The molecule has 3 aromatic rings. The Hall–Kier alpha value is -2.79. The van der Waals surface area contributed by atoms with Crippen LogP contribution < -0.4 is 10.6 Å². The highest BCUT2D eigenvalue weighted by Crippen LogP contribution is 2.38. The minimum Gasteiger partial charge on any atom is -0.376 e. The maximum Gasteiger partial charge on any atom is 0.421 e. The Kier molecular flexibility index (Phi) is 5.10. The first-order chi connectivity index (χ1) is 14.2. The fourth-order valence-electron chi connectivity index (χ4n) is 3.34. The summed E-state index contributed by atoms with van der Waals surface area (Å²) in [4.78, 5) is 12.7. The number of fused-ring (bicyclic) bond motifs is 1. The second-order valence-electron chi connectivity index (χ2n) is 7.41. The van der Waals surface area contributed by atoms with E-state index in [4.69, 9.17) is 0 Å². The van der Waals surface area contributed by atoms with Crippen LogP contribution in [0.2, 0.25) is 0 Å². The van der Waals surface area contributed by atoms with Crippen LogP contribution >= 0.6 is 0 Å². The highest BCUT2D eigenvalue weighted by atomic mass is 19.4. The quantitative estimate of drug-likeness (QED) is 0.559. The first kappa shape index (κ1) is 20.5. The van der Waals surface area contributed by atoms with Gasteiger partial charge in [0.2, 0.25) is 0 Å². The van der Waals surface area contributed by atoms with Gasteiger partial charge in [0.1, 0.15) is 23.3 Å². The van der Waals surface area contributed by atoms with Gasteiger partial charge in [0.05, 0.1) is 30.3 Å². The second-order valence-corrected chi connectivity index (χ2v) is 7.41. The molecule has 7 nitrogen and oxygen atoms in total. The molecule has 0 radical (unpaired) electrons. The van der Waals surface area contributed by atoms with Gasteiger partial charge in [-0.2, -0.15) is 13.2 Å². The fraction of sp³-hybridized carbons (Fsp3) is 0.421. The van der Waals surface area contributed by atoms with E-state index in [-0.39, 0.29) is 5.56 Å². The molecule has 4 heterocycles. The van der Waals surface area contributed by atoms with Crippen molar-refractivity contribution in [1.82, 2.24) is 24.7 Å². The maximum atomic E-state index is 14.1. The Balaban J connectivity index is 1.69. The van der Waals surface area contributed by atoms with E-state index < -0.39 is 24.0 Å². The summed E-state index contributed by atoms with van der Waals surface area (Å²) in [6.07, 6.45) is 0.0374. The van der Waals surface area contributed by atoms with E-state index in [0.717, 1.165) is 0 Å². The second kappa shape index (κ2) is 7.47. The van der Waals surface area contributed by atoms with E-state index in [1.165, 1.54) is 41.3 Å². The van der Waals surface area contributed by atoms with Crippen LogP contribution in [0.1, 0.15) is 18.9 Å². The van der Waals surface area contributed by atoms with Crippen LogP contribution in [-0.2, 0) is 5.60 Å². The lowest BCUT2D eigenvalue weighted by Crippen LogP contribution is -2.46. The van der Waals surface area contributed by atoms with Crippen molar-refractivity contribution in [3.63, 3.8) is 0 Å². The van der Waals surface area contributed by atoms with E-state index >= 15 is 0 Å². The first-order valence-corrected chi connectivity index (χ1v) is 9.37. The van der Waals surface area contributed by atoms with Crippen molar-refractivity contribution in [3.8, 4) is 11.4 Å². The number of piperidine rings is 1. The molecule has 0 aliphatic carbocycles. The van der Waals surface area contributed by atoms with Crippen LogP contribution in [0.5, 0.6) is 0 Å². The largest absolute Gasteiger partial charge is 0.421 e. The lowest BCUT2D eigenvalue weighted by atomic mass is 9.97. The van der Waals surface area contributed by atoms with Crippen molar-refractivity contribution in [1.29, 1.82) is 0 Å². The zero-order chi connectivity index (χ0) is 21.5. The van der Waals surface area contributed by atoms with Crippen LogP contribution in [0.3, 0.4) is 0 Å². The lowest BCUT2D eigenvalue weighted by molar-refractivity contribution is -0.259. The lowest BCUT2D eigenvalue weighted by Gasteiger charge is -2.27. The minimum atomic E-state index is -4.85. The van der Waals surface area contributed by atoms with Crippen molar-refractivity contribution in [3.05, 3.63) is 42.5 Å². The number of aromatic nitrogens is 4. The van der Waals surface area contributed by atoms with Crippen LogP contribution in [0.4, 0.5) is 23.4 Å². The summed E-state index contributed by atoms with van der Waals surface area (Å²) in [5.74, 6) is 0.345. The average molecular weight is 424 g/mol. The number of pyridine rings is 1. The Bertz CT molecular complexity index is 1050. The van der Waals surface area contributed by atoms with Gasteiger partial charge in [0, 0.05) is 18.3 Å². The van der Waals surface area contributed by atoms with Gasteiger partial charge in [0.25, 0.3) is 0 Å².